The number of halogens is 1. The van der Waals surface area contributed by atoms with E-state index in [2.05, 4.69) is 39.4 Å². The monoisotopic (exact) mass is 428 g/mol. The second-order valence-corrected chi connectivity index (χ2v) is 7.64. The van der Waals surface area contributed by atoms with Gasteiger partial charge in [0.05, 0.1) is 16.8 Å². The molecule has 27 heavy (non-hydrogen) atoms. The zero-order valence-corrected chi connectivity index (χ0v) is 17.1. The molecule has 140 valence electrons. The molecule has 5 nitrogen and oxygen atoms in total. The lowest BCUT2D eigenvalue weighted by Gasteiger charge is -2.20. The fraction of sp³-hybridized carbons (Fsp3) is 0.190. The Labute approximate surface area is 167 Å². The third-order valence-corrected chi connectivity index (χ3v) is 3.95. The maximum absolute atomic E-state index is 12.8. The lowest BCUT2D eigenvalue weighted by atomic mass is 10.1. The van der Waals surface area contributed by atoms with Crippen molar-refractivity contribution in [1.29, 1.82) is 0 Å². The van der Waals surface area contributed by atoms with Crippen LogP contribution in [0, 0.1) is 0 Å². The van der Waals surface area contributed by atoms with Gasteiger partial charge < -0.3 is 10.1 Å². The van der Waals surface area contributed by atoms with Crippen molar-refractivity contribution >= 4 is 45.8 Å². The maximum atomic E-state index is 12.8. The smallest absolute Gasteiger partial charge is 0.339 e. The number of anilines is 1. The van der Waals surface area contributed by atoms with Gasteiger partial charge in [0, 0.05) is 4.47 Å². The van der Waals surface area contributed by atoms with Crippen molar-refractivity contribution in [3.63, 3.8) is 0 Å². The molecule has 0 radical (unpaired) electrons. The summed E-state index contributed by atoms with van der Waals surface area (Å²) in [6.07, 6.45) is 3.24. The summed E-state index contributed by atoms with van der Waals surface area (Å²) < 4.78 is 6.08. The summed E-state index contributed by atoms with van der Waals surface area (Å²) in [6.45, 7) is 12.7. The van der Waals surface area contributed by atoms with Crippen LogP contribution in [-0.4, -0.2) is 22.5 Å². The highest BCUT2D eigenvalue weighted by molar-refractivity contribution is 9.10. The van der Waals surface area contributed by atoms with Crippen LogP contribution in [0.5, 0.6) is 0 Å². The Balaban J connectivity index is 2.35. The third kappa shape index (κ3) is 5.37. The summed E-state index contributed by atoms with van der Waals surface area (Å²) in [5, 5.41) is 2.71. The van der Waals surface area contributed by atoms with E-state index in [-0.39, 0.29) is 11.1 Å². The molecule has 0 aliphatic rings. The Hall–Kier alpha value is -2.73. The molecule has 1 heterocycles. The molecule has 0 aliphatic carbocycles. The molecule has 0 saturated heterocycles. The summed E-state index contributed by atoms with van der Waals surface area (Å²) in [7, 11) is 0. The van der Waals surface area contributed by atoms with Crippen LogP contribution in [0.4, 0.5) is 5.82 Å². The second kappa shape index (κ2) is 8.31. The van der Waals surface area contributed by atoms with Gasteiger partial charge in [-0.05, 0) is 62.7 Å². The molecule has 1 aromatic carbocycles. The van der Waals surface area contributed by atoms with Crippen molar-refractivity contribution in [2.24, 2.45) is 0 Å². The topological polar surface area (TPSA) is 68.3 Å². The minimum Gasteiger partial charge on any atom is -0.456 e. The summed E-state index contributed by atoms with van der Waals surface area (Å²) in [6, 6.07) is 8.25. The number of nitrogens with one attached hydrogen (secondary N) is 1. The third-order valence-electron chi connectivity index (χ3n) is 3.46. The summed E-state index contributed by atoms with van der Waals surface area (Å²) in [5.74, 6) is -0.688. The zero-order chi connectivity index (χ0) is 20.2. The number of ether oxygens (including phenoxy) is 1. The van der Waals surface area contributed by atoms with E-state index in [1.54, 1.807) is 63.3 Å². The zero-order valence-electron chi connectivity index (χ0n) is 15.5. The van der Waals surface area contributed by atoms with Gasteiger partial charge in [0.2, 0.25) is 0 Å². The van der Waals surface area contributed by atoms with Crippen LogP contribution in [0.15, 0.2) is 48.0 Å². The highest BCUT2D eigenvalue weighted by Gasteiger charge is 2.23. The second-order valence-electron chi connectivity index (χ2n) is 6.73. The van der Waals surface area contributed by atoms with Crippen LogP contribution in [0.3, 0.4) is 0 Å². The van der Waals surface area contributed by atoms with Gasteiger partial charge >= 0.3 is 5.97 Å². The number of esters is 1. The number of nitrogens with zero attached hydrogens (tertiary/aromatic N) is 1. The van der Waals surface area contributed by atoms with Crippen LogP contribution in [0.25, 0.3) is 12.2 Å². The van der Waals surface area contributed by atoms with E-state index < -0.39 is 17.5 Å². The molecule has 0 atom stereocenters. The molecule has 0 aliphatic heterocycles. The van der Waals surface area contributed by atoms with Crippen LogP contribution >= 0.6 is 15.9 Å². The van der Waals surface area contributed by atoms with E-state index in [4.69, 9.17) is 4.74 Å². The van der Waals surface area contributed by atoms with E-state index >= 15 is 0 Å². The first-order chi connectivity index (χ1) is 12.6. The molecule has 0 bridgehead atoms. The first-order valence-electron chi connectivity index (χ1n) is 8.25. The Morgan fingerprint density at radius 3 is 2.41 bits per heavy atom. The predicted octanol–water partition coefficient (Wildman–Crippen LogP) is 5.34. The van der Waals surface area contributed by atoms with Crippen molar-refractivity contribution in [3.8, 4) is 0 Å². The quantitative estimate of drug-likeness (QED) is 0.652. The first kappa shape index (κ1) is 20.6. The molecule has 2 aromatic rings. The van der Waals surface area contributed by atoms with Gasteiger partial charge in [-0.15, -0.1) is 0 Å². The SMILES string of the molecule is C=Cc1ccc(NC(=O)c2ccc(Br)cc2C(=O)OC(C)(C)C)nc1C=C. The number of amides is 1. The molecule has 2 rings (SSSR count). The van der Waals surface area contributed by atoms with Gasteiger partial charge in [-0.25, -0.2) is 9.78 Å². The fourth-order valence-corrected chi connectivity index (χ4v) is 2.65. The van der Waals surface area contributed by atoms with E-state index in [1.165, 1.54) is 0 Å². The normalized spacial score (nSPS) is 10.8. The van der Waals surface area contributed by atoms with Gasteiger partial charge in [-0.1, -0.05) is 35.2 Å². The Morgan fingerprint density at radius 2 is 1.81 bits per heavy atom. The maximum Gasteiger partial charge on any atom is 0.339 e. The molecular formula is C21H21BrN2O3. The Morgan fingerprint density at radius 1 is 1.11 bits per heavy atom. The molecular weight excluding hydrogens is 408 g/mol. The lowest BCUT2D eigenvalue weighted by molar-refractivity contribution is 0.00677. The number of carbonyl (C=O) groups excluding carboxylic acids is 2. The minimum atomic E-state index is -0.673. The van der Waals surface area contributed by atoms with E-state index in [1.807, 2.05) is 0 Å². The number of aromatic nitrogens is 1. The number of carbonyl (C=O) groups is 2. The van der Waals surface area contributed by atoms with Crippen molar-refractivity contribution in [2.45, 2.75) is 26.4 Å². The number of pyridine rings is 1. The van der Waals surface area contributed by atoms with E-state index in [0.717, 1.165) is 5.56 Å². The average molecular weight is 429 g/mol. The largest absolute Gasteiger partial charge is 0.456 e. The van der Waals surface area contributed by atoms with Gasteiger partial charge in [0.1, 0.15) is 11.4 Å². The average Bonchev–Trinajstić information content (AvgIpc) is 2.59. The van der Waals surface area contributed by atoms with Gasteiger partial charge in [-0.3, -0.25) is 4.79 Å². The highest BCUT2D eigenvalue weighted by Crippen LogP contribution is 2.22. The summed E-state index contributed by atoms with van der Waals surface area (Å²) in [5.41, 5.74) is 1.10. The van der Waals surface area contributed by atoms with Crippen LogP contribution in [0.1, 0.15) is 52.7 Å². The molecule has 0 saturated carbocycles. The Bertz CT molecular complexity index is 914. The molecule has 6 heteroatoms. The fourth-order valence-electron chi connectivity index (χ4n) is 2.29. The standard InChI is InChI=1S/C21H21BrN2O3/c1-6-13-8-11-18(23-17(13)7-2)24-19(25)15-10-9-14(22)12-16(15)20(26)27-21(3,4)5/h6-12H,1-2H2,3-5H3,(H,23,24,25). The molecule has 0 unspecified atom stereocenters. The summed E-state index contributed by atoms with van der Waals surface area (Å²) in [4.78, 5) is 29.6. The first-order valence-corrected chi connectivity index (χ1v) is 9.04. The number of hydrogen-bond donors (Lipinski definition) is 1. The molecule has 1 amide bonds. The molecule has 0 fully saturated rings. The van der Waals surface area contributed by atoms with Gasteiger partial charge in [0.25, 0.3) is 5.91 Å². The van der Waals surface area contributed by atoms with Crippen molar-refractivity contribution in [1.82, 2.24) is 4.98 Å². The van der Waals surface area contributed by atoms with Crippen molar-refractivity contribution < 1.29 is 14.3 Å². The Kier molecular flexibility index (Phi) is 6.33. The molecule has 1 aromatic heterocycles. The number of rotatable bonds is 5. The summed E-state index contributed by atoms with van der Waals surface area (Å²) >= 11 is 3.32. The van der Waals surface area contributed by atoms with Crippen LogP contribution in [0.2, 0.25) is 0 Å². The van der Waals surface area contributed by atoms with Crippen molar-refractivity contribution in [3.05, 3.63) is 70.3 Å². The number of hydrogen-bond acceptors (Lipinski definition) is 4. The minimum absolute atomic E-state index is 0.170. The van der Waals surface area contributed by atoms with Crippen LogP contribution in [-0.2, 0) is 4.74 Å². The van der Waals surface area contributed by atoms with Gasteiger partial charge in [-0.2, -0.15) is 0 Å². The molecule has 1 N–H and O–H groups in total. The lowest BCUT2D eigenvalue weighted by Crippen LogP contribution is -2.26. The molecule has 0 spiro atoms. The number of benzene rings is 1. The predicted molar refractivity (Wildman–Crippen MR) is 112 cm³/mol. The van der Waals surface area contributed by atoms with E-state index in [9.17, 15) is 9.59 Å². The van der Waals surface area contributed by atoms with E-state index in [0.29, 0.717) is 16.0 Å². The van der Waals surface area contributed by atoms with Crippen molar-refractivity contribution in [2.75, 3.05) is 5.32 Å². The highest BCUT2D eigenvalue weighted by atomic mass is 79.9. The van der Waals surface area contributed by atoms with Gasteiger partial charge in [0.15, 0.2) is 0 Å². The van der Waals surface area contributed by atoms with Crippen LogP contribution < -0.4 is 5.32 Å².